The van der Waals surface area contributed by atoms with Crippen molar-refractivity contribution >= 4 is 44.3 Å². The maximum Gasteiger partial charge on any atom is 0.228 e. The third-order valence-corrected chi connectivity index (χ3v) is 5.45. The molecule has 26 heavy (non-hydrogen) atoms. The van der Waals surface area contributed by atoms with Crippen LogP contribution in [0.3, 0.4) is 0 Å². The molecule has 0 N–H and O–H groups in total. The van der Waals surface area contributed by atoms with E-state index < -0.39 is 0 Å². The van der Waals surface area contributed by atoms with Crippen molar-refractivity contribution in [2.24, 2.45) is 0 Å². The van der Waals surface area contributed by atoms with Crippen LogP contribution in [0.5, 0.6) is 0 Å². The van der Waals surface area contributed by atoms with E-state index in [1.807, 2.05) is 0 Å². The van der Waals surface area contributed by atoms with Crippen LogP contribution in [0.2, 0.25) is 0 Å². The molecule has 1 aliphatic rings. The van der Waals surface area contributed by atoms with Gasteiger partial charge in [-0.3, -0.25) is 4.57 Å². The van der Waals surface area contributed by atoms with Crippen molar-refractivity contribution in [3.8, 4) is 0 Å². The highest BCUT2D eigenvalue weighted by Crippen LogP contribution is 2.36. The number of nitrogens with zero attached hydrogens (tertiary/aromatic N) is 2. The minimum absolute atomic E-state index is 0.832. The monoisotopic (exact) mass is 333 g/mol. The van der Waals surface area contributed by atoms with Crippen LogP contribution in [0.15, 0.2) is 85.1 Å². The van der Waals surface area contributed by atoms with Gasteiger partial charge >= 0.3 is 0 Å². The summed E-state index contributed by atoms with van der Waals surface area (Å²) in [4.78, 5) is 0. The summed E-state index contributed by atoms with van der Waals surface area (Å²) in [5.41, 5.74) is 3.89. The van der Waals surface area contributed by atoms with Crippen molar-refractivity contribution in [3.05, 3.63) is 90.6 Å². The summed E-state index contributed by atoms with van der Waals surface area (Å²) in [6.07, 6.45) is 4.50. The fourth-order valence-electron chi connectivity index (χ4n) is 4.32. The van der Waals surface area contributed by atoms with Gasteiger partial charge in [-0.2, -0.15) is 4.58 Å². The van der Waals surface area contributed by atoms with Crippen LogP contribution in [0.25, 0.3) is 32.4 Å². The fraction of sp³-hybridized carbons (Fsp3) is 0.0417. The number of fused-ring (bicyclic) bond motifs is 2. The van der Waals surface area contributed by atoms with E-state index in [0.717, 1.165) is 6.67 Å². The van der Waals surface area contributed by atoms with Crippen molar-refractivity contribution in [1.82, 2.24) is 4.57 Å². The average Bonchev–Trinajstić information content (AvgIpc) is 3.10. The second kappa shape index (κ2) is 5.06. The van der Waals surface area contributed by atoms with Gasteiger partial charge < -0.3 is 0 Å². The highest BCUT2D eigenvalue weighted by molar-refractivity contribution is 6.09. The molecule has 0 saturated heterocycles. The van der Waals surface area contributed by atoms with Crippen LogP contribution >= 0.6 is 0 Å². The Morgan fingerprint density at radius 1 is 0.692 bits per heavy atom. The van der Waals surface area contributed by atoms with Gasteiger partial charge in [0.1, 0.15) is 0 Å². The van der Waals surface area contributed by atoms with Gasteiger partial charge in [0.05, 0.1) is 21.9 Å². The zero-order chi connectivity index (χ0) is 17.1. The van der Waals surface area contributed by atoms with Gasteiger partial charge in [0.15, 0.2) is 6.21 Å². The number of aromatic nitrogens is 1. The van der Waals surface area contributed by atoms with Crippen LogP contribution in [0.4, 0.5) is 5.69 Å². The molecule has 0 aliphatic carbocycles. The first-order chi connectivity index (χ1) is 12.9. The summed E-state index contributed by atoms with van der Waals surface area (Å²) >= 11 is 0. The smallest absolute Gasteiger partial charge is 0.228 e. The zero-order valence-corrected chi connectivity index (χ0v) is 14.3. The molecule has 1 aliphatic heterocycles. The van der Waals surface area contributed by atoms with Crippen LogP contribution in [0.1, 0.15) is 5.56 Å². The van der Waals surface area contributed by atoms with Gasteiger partial charge in [-0.1, -0.05) is 48.5 Å². The lowest BCUT2D eigenvalue weighted by atomic mass is 10.0. The summed E-state index contributed by atoms with van der Waals surface area (Å²) in [6.45, 7) is 0.832. The molecule has 0 amide bonds. The highest BCUT2D eigenvalue weighted by Gasteiger charge is 2.23. The van der Waals surface area contributed by atoms with Gasteiger partial charge in [0, 0.05) is 11.6 Å². The predicted octanol–water partition coefficient (Wildman–Crippen LogP) is 5.68. The maximum atomic E-state index is 2.40. The minimum Gasteiger partial charge on any atom is -0.291 e. The van der Waals surface area contributed by atoms with E-state index in [9.17, 15) is 0 Å². The van der Waals surface area contributed by atoms with Gasteiger partial charge in [-0.15, -0.1) is 0 Å². The van der Waals surface area contributed by atoms with E-state index in [4.69, 9.17) is 0 Å². The molecule has 2 nitrogen and oxygen atoms in total. The molecule has 0 radical (unpaired) electrons. The van der Waals surface area contributed by atoms with Crippen LogP contribution in [-0.2, 0) is 6.67 Å². The fourth-order valence-corrected chi connectivity index (χ4v) is 4.32. The van der Waals surface area contributed by atoms with Crippen LogP contribution in [0, 0.1) is 0 Å². The zero-order valence-electron chi connectivity index (χ0n) is 14.3. The van der Waals surface area contributed by atoms with Gasteiger partial charge in [-0.05, 0) is 41.1 Å². The summed E-state index contributed by atoms with van der Waals surface area (Å²) in [5, 5.41) is 6.47. The number of benzene rings is 4. The lowest BCUT2D eigenvalue weighted by molar-refractivity contribution is -0.468. The third kappa shape index (κ3) is 1.84. The standard InChI is InChI=1S/C24H17N2/c1-3-10-21-18(6-1)14-19-7-2-4-11-22(19)24(21)26-15-20-9-5-8-17-12-13-25(16-26)23(17)20/h1-15H,16H2/q+1. The first-order valence-corrected chi connectivity index (χ1v) is 8.98. The Balaban J connectivity index is 1.73. The second-order valence-corrected chi connectivity index (χ2v) is 6.98. The molecule has 122 valence electrons. The predicted molar refractivity (Wildman–Crippen MR) is 108 cm³/mol. The molecular weight excluding hydrogens is 316 g/mol. The molecular formula is C24H17N2+. The highest BCUT2D eigenvalue weighted by atomic mass is 15.2. The average molecular weight is 333 g/mol. The number of rotatable bonds is 1. The van der Waals surface area contributed by atoms with Crippen molar-refractivity contribution in [3.63, 3.8) is 0 Å². The van der Waals surface area contributed by atoms with Crippen molar-refractivity contribution in [2.75, 3.05) is 0 Å². The van der Waals surface area contributed by atoms with E-state index in [1.54, 1.807) is 0 Å². The number of hydrogen-bond acceptors (Lipinski definition) is 0. The van der Waals surface area contributed by atoms with Crippen molar-refractivity contribution in [1.29, 1.82) is 0 Å². The molecule has 6 rings (SSSR count). The molecule has 0 saturated carbocycles. The normalized spacial score (nSPS) is 13.5. The van der Waals surface area contributed by atoms with Crippen molar-refractivity contribution in [2.45, 2.75) is 6.67 Å². The number of para-hydroxylation sites is 1. The Labute approximate surface area is 151 Å². The number of hydrogen-bond donors (Lipinski definition) is 0. The summed E-state index contributed by atoms with van der Waals surface area (Å²) < 4.78 is 4.74. The van der Waals surface area contributed by atoms with Gasteiger partial charge in [0.25, 0.3) is 0 Å². The largest absolute Gasteiger partial charge is 0.291 e. The molecule has 0 atom stereocenters. The van der Waals surface area contributed by atoms with E-state index in [1.165, 1.54) is 43.7 Å². The molecule has 2 heteroatoms. The quantitative estimate of drug-likeness (QED) is 0.275. The molecule has 0 spiro atoms. The molecule has 0 unspecified atom stereocenters. The Bertz CT molecular complexity index is 1300. The van der Waals surface area contributed by atoms with Crippen molar-refractivity contribution < 1.29 is 4.58 Å². The lowest BCUT2D eigenvalue weighted by Crippen LogP contribution is -2.18. The minimum atomic E-state index is 0.832. The Morgan fingerprint density at radius 3 is 2.15 bits per heavy atom. The SMILES string of the molecule is C1=[N+](c2c3ccccc3cc3ccccc23)Cn2ccc3cccc1c32. The van der Waals surface area contributed by atoms with E-state index in [0.29, 0.717) is 0 Å². The topological polar surface area (TPSA) is 7.94 Å². The van der Waals surface area contributed by atoms with E-state index in [2.05, 4.69) is 100 Å². The Kier molecular flexibility index (Phi) is 2.69. The Morgan fingerprint density at radius 2 is 1.38 bits per heavy atom. The van der Waals surface area contributed by atoms with Crippen LogP contribution < -0.4 is 0 Å². The second-order valence-electron chi connectivity index (χ2n) is 6.98. The molecule has 0 fully saturated rings. The van der Waals surface area contributed by atoms with Gasteiger partial charge in [-0.25, -0.2) is 0 Å². The molecule has 0 bridgehead atoms. The Hall–Kier alpha value is -3.39. The first-order valence-electron chi connectivity index (χ1n) is 8.98. The van der Waals surface area contributed by atoms with E-state index >= 15 is 0 Å². The first kappa shape index (κ1) is 13.9. The van der Waals surface area contributed by atoms with Crippen LogP contribution in [-0.4, -0.2) is 15.4 Å². The summed E-state index contributed by atoms with van der Waals surface area (Å²) in [6, 6.07) is 28.4. The lowest BCUT2D eigenvalue weighted by Gasteiger charge is -2.15. The molecule has 2 heterocycles. The molecule has 1 aromatic heterocycles. The van der Waals surface area contributed by atoms with Gasteiger partial charge in [0.2, 0.25) is 12.4 Å². The summed E-state index contributed by atoms with van der Waals surface area (Å²) in [7, 11) is 0. The summed E-state index contributed by atoms with van der Waals surface area (Å²) in [5.74, 6) is 0. The molecule has 5 aromatic rings. The third-order valence-electron chi connectivity index (χ3n) is 5.45. The van der Waals surface area contributed by atoms with E-state index in [-0.39, 0.29) is 0 Å². The molecule has 4 aromatic carbocycles. The maximum absolute atomic E-state index is 2.40.